The highest BCUT2D eigenvalue weighted by molar-refractivity contribution is 7.21. The van der Waals surface area contributed by atoms with Gasteiger partial charge in [-0.2, -0.15) is 0 Å². The third kappa shape index (κ3) is 6.90. The fourth-order valence-electron chi connectivity index (χ4n) is 7.45. The van der Waals surface area contributed by atoms with Crippen molar-refractivity contribution in [3.63, 3.8) is 0 Å². The summed E-state index contributed by atoms with van der Waals surface area (Å²) in [5, 5.41) is 3.70. The Morgan fingerprint density at radius 1 is 0.923 bits per heavy atom. The number of carbonyl (C=O) groups excluding carboxylic acids is 3. The predicted molar refractivity (Wildman–Crippen MR) is 203 cm³/mol. The number of nitrogens with one attached hydrogen (secondary N) is 1. The number of carbonyl (C=O) groups is 3. The number of fused-ring (bicyclic) bond motifs is 2. The number of benzene rings is 3. The third-order valence-electron chi connectivity index (χ3n) is 10.6. The minimum Gasteiger partial charge on any atom is -0.490 e. The molecule has 270 valence electrons. The monoisotopic (exact) mass is 720 g/mol. The van der Waals surface area contributed by atoms with Gasteiger partial charge in [0.1, 0.15) is 22.9 Å². The van der Waals surface area contributed by atoms with E-state index in [-0.39, 0.29) is 18.1 Å². The van der Waals surface area contributed by atoms with Gasteiger partial charge in [-0.1, -0.05) is 6.58 Å². The molecule has 8 rings (SSSR count). The van der Waals surface area contributed by atoms with Crippen LogP contribution in [0.4, 0.5) is 11.4 Å². The lowest BCUT2D eigenvalue weighted by atomic mass is 9.92. The number of piperazine rings is 1. The quantitative estimate of drug-likeness (QED) is 0.158. The Hall–Kier alpha value is -4.78. The molecule has 1 saturated carbocycles. The van der Waals surface area contributed by atoms with Crippen LogP contribution in [-0.4, -0.2) is 104 Å². The van der Waals surface area contributed by atoms with Crippen molar-refractivity contribution in [3.05, 3.63) is 84.1 Å². The van der Waals surface area contributed by atoms with E-state index in [4.69, 9.17) is 14.5 Å². The fraction of sp³-hybridized carbons (Fsp3) is 0.400. The second kappa shape index (κ2) is 14.3. The zero-order valence-electron chi connectivity index (χ0n) is 29.7. The summed E-state index contributed by atoms with van der Waals surface area (Å²) in [6, 6.07) is 19.3. The number of aromatic nitrogens is 1. The molecule has 4 aliphatic rings. The van der Waals surface area contributed by atoms with Crippen molar-refractivity contribution in [1.29, 1.82) is 0 Å². The molecule has 4 heterocycles. The highest BCUT2D eigenvalue weighted by Crippen LogP contribution is 2.36. The van der Waals surface area contributed by atoms with Gasteiger partial charge in [0.05, 0.1) is 27.4 Å². The molecule has 3 fully saturated rings. The summed E-state index contributed by atoms with van der Waals surface area (Å²) in [6.07, 6.45) is 4.12. The van der Waals surface area contributed by atoms with E-state index in [9.17, 15) is 14.4 Å². The lowest BCUT2D eigenvalue weighted by molar-refractivity contribution is -0.125. The standard InChI is InChI=1S/C40H44N6O5S/c1-25-5-14-35(37(47)41-25)46-39(48)32-12-10-28(21-33(32)40(46)49)45-18-16-44(17-19-45)15-4-20-50-30-22-31(23-30)51-29-11-13-34-36(24-29)52-38(42-34)26-6-8-27(9-7-26)43(2)3/h6-13,21,24,30-31,35H,1,4-5,14-20,22-23H2,2-3H3,(H,41,47). The van der Waals surface area contributed by atoms with Gasteiger partial charge in [0.15, 0.2) is 0 Å². The first kappa shape index (κ1) is 34.3. The molecule has 11 nitrogen and oxygen atoms in total. The normalized spacial score (nSPS) is 22.1. The van der Waals surface area contributed by atoms with E-state index in [0.29, 0.717) is 29.7 Å². The maximum Gasteiger partial charge on any atom is 0.262 e. The highest BCUT2D eigenvalue weighted by atomic mass is 32.1. The van der Waals surface area contributed by atoms with Crippen molar-refractivity contribution in [3.8, 4) is 16.3 Å². The van der Waals surface area contributed by atoms with E-state index in [1.54, 1.807) is 17.4 Å². The fourth-order valence-corrected chi connectivity index (χ4v) is 8.45. The number of piperidine rings is 1. The Morgan fingerprint density at radius 2 is 1.69 bits per heavy atom. The van der Waals surface area contributed by atoms with Crippen LogP contribution in [0.15, 0.2) is 72.9 Å². The van der Waals surface area contributed by atoms with Gasteiger partial charge < -0.3 is 24.6 Å². The maximum absolute atomic E-state index is 13.3. The van der Waals surface area contributed by atoms with Crippen LogP contribution >= 0.6 is 11.3 Å². The molecule has 1 aliphatic carbocycles. The van der Waals surface area contributed by atoms with Crippen LogP contribution in [0.2, 0.25) is 0 Å². The van der Waals surface area contributed by atoms with Gasteiger partial charge in [-0.25, -0.2) is 4.98 Å². The highest BCUT2D eigenvalue weighted by Gasteiger charge is 2.44. The smallest absolute Gasteiger partial charge is 0.262 e. The average molecular weight is 721 g/mol. The second-order valence-electron chi connectivity index (χ2n) is 14.3. The van der Waals surface area contributed by atoms with Crippen molar-refractivity contribution in [2.24, 2.45) is 0 Å². The number of anilines is 2. The molecule has 52 heavy (non-hydrogen) atoms. The number of amides is 3. The summed E-state index contributed by atoms with van der Waals surface area (Å²) in [7, 11) is 4.08. The number of rotatable bonds is 11. The second-order valence-corrected chi connectivity index (χ2v) is 15.4. The molecule has 2 saturated heterocycles. The number of ether oxygens (including phenoxy) is 2. The topological polar surface area (TPSA) is 108 Å². The molecular weight excluding hydrogens is 677 g/mol. The van der Waals surface area contributed by atoms with E-state index in [2.05, 4.69) is 56.9 Å². The van der Waals surface area contributed by atoms with Crippen LogP contribution in [0, 0.1) is 0 Å². The average Bonchev–Trinajstić information content (AvgIpc) is 3.66. The summed E-state index contributed by atoms with van der Waals surface area (Å²) in [6.45, 7) is 8.99. The third-order valence-corrected chi connectivity index (χ3v) is 11.7. The van der Waals surface area contributed by atoms with Crippen molar-refractivity contribution < 1.29 is 23.9 Å². The lowest BCUT2D eigenvalue weighted by Crippen LogP contribution is -2.51. The summed E-state index contributed by atoms with van der Waals surface area (Å²) in [5.74, 6) is -0.263. The van der Waals surface area contributed by atoms with E-state index in [1.165, 1.54) is 5.69 Å². The van der Waals surface area contributed by atoms with E-state index >= 15 is 0 Å². The predicted octanol–water partition coefficient (Wildman–Crippen LogP) is 5.56. The largest absolute Gasteiger partial charge is 0.490 e. The minimum atomic E-state index is -0.801. The molecule has 1 aromatic heterocycles. The lowest BCUT2D eigenvalue weighted by Gasteiger charge is -2.37. The summed E-state index contributed by atoms with van der Waals surface area (Å²) >= 11 is 1.69. The SMILES string of the molecule is C=C1CCC(N2C(=O)c3ccc(N4CCN(CCCOC5CC(Oc6ccc7nc(-c8ccc(N(C)C)cc8)sc7c6)C5)CC4)cc3C2=O)C(=O)N1. The van der Waals surface area contributed by atoms with E-state index in [1.807, 2.05) is 38.4 Å². The molecule has 0 bridgehead atoms. The molecule has 3 amide bonds. The minimum absolute atomic E-state index is 0.171. The van der Waals surface area contributed by atoms with Gasteiger partial charge in [0, 0.05) is 88.9 Å². The molecule has 4 aromatic rings. The first-order valence-corrected chi connectivity index (χ1v) is 19.0. The van der Waals surface area contributed by atoms with Gasteiger partial charge in [0.25, 0.3) is 11.8 Å². The Bertz CT molecular complexity index is 2010. The number of imide groups is 1. The summed E-state index contributed by atoms with van der Waals surface area (Å²) < 4.78 is 13.6. The maximum atomic E-state index is 13.3. The Labute approximate surface area is 307 Å². The Kier molecular flexibility index (Phi) is 9.45. The van der Waals surface area contributed by atoms with Crippen molar-refractivity contribution in [2.75, 3.05) is 63.2 Å². The summed E-state index contributed by atoms with van der Waals surface area (Å²) in [5.41, 5.74) is 5.56. The number of hydrogen-bond donors (Lipinski definition) is 1. The molecule has 1 N–H and O–H groups in total. The van der Waals surface area contributed by atoms with Crippen molar-refractivity contribution in [1.82, 2.24) is 20.1 Å². The molecular formula is C40H44N6O5S. The van der Waals surface area contributed by atoms with Crippen molar-refractivity contribution >= 4 is 50.6 Å². The molecule has 1 unspecified atom stereocenters. The van der Waals surface area contributed by atoms with Gasteiger partial charge >= 0.3 is 0 Å². The number of nitrogens with zero attached hydrogens (tertiary/aromatic N) is 5. The number of allylic oxidation sites excluding steroid dienone is 1. The van der Waals surface area contributed by atoms with Gasteiger partial charge in [-0.15, -0.1) is 11.3 Å². The van der Waals surface area contributed by atoms with Crippen LogP contribution in [0.5, 0.6) is 5.75 Å². The van der Waals surface area contributed by atoms with Crippen LogP contribution in [0.25, 0.3) is 20.8 Å². The Morgan fingerprint density at radius 3 is 2.44 bits per heavy atom. The first-order chi connectivity index (χ1) is 25.2. The van der Waals surface area contributed by atoms with Gasteiger partial charge in [0.2, 0.25) is 5.91 Å². The molecule has 0 spiro atoms. The molecule has 12 heteroatoms. The van der Waals surface area contributed by atoms with Crippen LogP contribution < -0.4 is 19.9 Å². The molecule has 1 atom stereocenters. The van der Waals surface area contributed by atoms with E-state index < -0.39 is 17.9 Å². The van der Waals surface area contributed by atoms with Gasteiger partial charge in [-0.05, 0) is 79.9 Å². The molecule has 3 aromatic carbocycles. The van der Waals surface area contributed by atoms with Crippen molar-refractivity contribution in [2.45, 2.75) is 50.4 Å². The molecule has 3 aliphatic heterocycles. The van der Waals surface area contributed by atoms with E-state index in [0.717, 1.165) is 95.7 Å². The first-order valence-electron chi connectivity index (χ1n) is 18.1. The van der Waals surface area contributed by atoms with Gasteiger partial charge in [-0.3, -0.25) is 24.2 Å². The number of hydrogen-bond acceptors (Lipinski definition) is 10. The zero-order chi connectivity index (χ0) is 35.9. The van der Waals surface area contributed by atoms with Crippen LogP contribution in [0.1, 0.15) is 52.8 Å². The Balaban J connectivity index is 0.747. The van der Waals surface area contributed by atoms with Crippen LogP contribution in [-0.2, 0) is 9.53 Å². The number of thiazole rings is 1. The molecule has 0 radical (unpaired) electrons. The summed E-state index contributed by atoms with van der Waals surface area (Å²) in [4.78, 5) is 51.7. The van der Waals surface area contributed by atoms with Crippen LogP contribution in [0.3, 0.4) is 0 Å². The zero-order valence-corrected chi connectivity index (χ0v) is 30.5.